The van der Waals surface area contributed by atoms with E-state index in [0.717, 1.165) is 11.8 Å². The lowest BCUT2D eigenvalue weighted by Crippen LogP contribution is -2.33. The summed E-state index contributed by atoms with van der Waals surface area (Å²) in [6.45, 7) is 0.490. The molecule has 0 atom stereocenters. The fourth-order valence-electron chi connectivity index (χ4n) is 3.43. The second kappa shape index (κ2) is 11.2. The number of hydrogen-bond acceptors (Lipinski definition) is 6. The number of aromatic nitrogens is 1. The lowest BCUT2D eigenvalue weighted by molar-refractivity contribution is -0.143. The van der Waals surface area contributed by atoms with Gasteiger partial charge in [0.2, 0.25) is 0 Å². The van der Waals surface area contributed by atoms with Crippen LogP contribution < -0.4 is 0 Å². The average molecular weight is 564 g/mol. The van der Waals surface area contributed by atoms with Crippen LogP contribution in [0, 0.1) is 0 Å². The zero-order valence-electron chi connectivity index (χ0n) is 19.1. The van der Waals surface area contributed by atoms with Gasteiger partial charge in [0.25, 0.3) is 5.91 Å². The molecule has 0 saturated carbocycles. The summed E-state index contributed by atoms with van der Waals surface area (Å²) in [4.78, 5) is 30.8. The van der Waals surface area contributed by atoms with Crippen LogP contribution in [0.15, 0.2) is 41.3 Å². The Morgan fingerprint density at radius 1 is 1.14 bits per heavy atom. The Balaban J connectivity index is 1.83. The number of carboxylic acid groups (broad SMARTS) is 1. The highest BCUT2D eigenvalue weighted by atomic mass is 32.2. The number of nitrogens with zero attached hydrogens (tertiary/aromatic N) is 3. The monoisotopic (exact) mass is 563 g/mol. The van der Waals surface area contributed by atoms with Gasteiger partial charge in [0.05, 0.1) is 34.0 Å². The zero-order chi connectivity index (χ0) is 27.5. The molecule has 0 spiro atoms. The molecule has 2 heterocycles. The number of carbonyl (C=O) groups excluding carboxylic acids is 1. The molecule has 1 aliphatic heterocycles. The Kier molecular flexibility index (Phi) is 8.65. The normalized spacial score (nSPS) is 15.8. The second-order valence-corrected chi connectivity index (χ2v) is 9.74. The average Bonchev–Trinajstić information content (AvgIpc) is 3.04. The largest absolute Gasteiger partial charge is 0.480 e. The third-order valence-corrected chi connectivity index (χ3v) is 6.51. The summed E-state index contributed by atoms with van der Waals surface area (Å²) in [5, 5.41) is 8.80. The van der Waals surface area contributed by atoms with Crippen molar-refractivity contribution in [1.29, 1.82) is 0 Å². The Bertz CT molecular complexity index is 1210. The molecule has 0 unspecified atom stereocenters. The Morgan fingerprint density at radius 3 is 2.32 bits per heavy atom. The van der Waals surface area contributed by atoms with E-state index >= 15 is 0 Å². The highest BCUT2D eigenvalue weighted by Crippen LogP contribution is 2.38. The van der Waals surface area contributed by atoms with Crippen molar-refractivity contribution in [2.24, 2.45) is 0 Å². The maximum absolute atomic E-state index is 13.2. The number of halogens is 6. The number of likely N-dealkylation sites (N-methyl/N-ethyl adjacent to an activating group) is 1. The van der Waals surface area contributed by atoms with Crippen molar-refractivity contribution in [1.82, 2.24) is 14.8 Å². The van der Waals surface area contributed by atoms with Gasteiger partial charge in [0, 0.05) is 18.7 Å². The van der Waals surface area contributed by atoms with Crippen LogP contribution in [0.3, 0.4) is 0 Å². The molecular weight excluding hydrogens is 544 g/mol. The highest BCUT2D eigenvalue weighted by molar-refractivity contribution is 8.26. The molecule has 0 radical (unpaired) electrons. The van der Waals surface area contributed by atoms with E-state index in [0.29, 0.717) is 25.1 Å². The number of carbonyl (C=O) groups is 2. The molecule has 1 amide bonds. The minimum Gasteiger partial charge on any atom is -0.480 e. The van der Waals surface area contributed by atoms with Gasteiger partial charge in [-0.15, -0.1) is 0 Å². The third-order valence-electron chi connectivity index (χ3n) is 5.13. The van der Waals surface area contributed by atoms with Crippen LogP contribution in [-0.4, -0.2) is 62.8 Å². The molecule has 1 N–H and O–H groups in total. The maximum atomic E-state index is 13.2. The summed E-state index contributed by atoms with van der Waals surface area (Å²) in [6.07, 6.45) is -8.18. The summed E-state index contributed by atoms with van der Waals surface area (Å²) in [7, 11) is 1.62. The molecule has 0 bridgehead atoms. The van der Waals surface area contributed by atoms with E-state index in [1.54, 1.807) is 11.9 Å². The number of thioether (sulfide) groups is 1. The molecule has 198 valence electrons. The fraction of sp³-hybridized carbons (Fsp3) is 0.304. The van der Waals surface area contributed by atoms with Gasteiger partial charge in [-0.1, -0.05) is 30.0 Å². The number of rotatable bonds is 8. The number of alkyl halides is 6. The lowest BCUT2D eigenvalue weighted by Gasteiger charge is -2.17. The van der Waals surface area contributed by atoms with Crippen molar-refractivity contribution in [2.75, 3.05) is 26.7 Å². The first-order valence-electron chi connectivity index (χ1n) is 10.6. The van der Waals surface area contributed by atoms with Crippen LogP contribution in [0.4, 0.5) is 26.3 Å². The molecular formula is C23H19F6N3O3S2. The number of pyridine rings is 1. The van der Waals surface area contributed by atoms with Gasteiger partial charge in [-0.3, -0.25) is 19.4 Å². The van der Waals surface area contributed by atoms with E-state index in [9.17, 15) is 35.9 Å². The number of hydrogen-bond donors (Lipinski definition) is 1. The summed E-state index contributed by atoms with van der Waals surface area (Å²) >= 11 is 6.23. The predicted molar refractivity (Wildman–Crippen MR) is 129 cm³/mol. The van der Waals surface area contributed by atoms with E-state index in [4.69, 9.17) is 17.3 Å². The van der Waals surface area contributed by atoms with Crippen molar-refractivity contribution in [3.8, 4) is 11.3 Å². The maximum Gasteiger partial charge on any atom is 0.416 e. The van der Waals surface area contributed by atoms with Crippen molar-refractivity contribution >= 4 is 46.3 Å². The number of thiocarbonyl (C=S) groups is 1. The van der Waals surface area contributed by atoms with Crippen molar-refractivity contribution in [3.05, 3.63) is 58.1 Å². The summed E-state index contributed by atoms with van der Waals surface area (Å²) in [5.41, 5.74) is -3.29. The Hall–Kier alpha value is -2.97. The molecule has 14 heteroatoms. The summed E-state index contributed by atoms with van der Waals surface area (Å²) in [5.74, 6) is -1.41. The third kappa shape index (κ3) is 7.52. The van der Waals surface area contributed by atoms with Crippen LogP contribution in [0.1, 0.15) is 23.2 Å². The van der Waals surface area contributed by atoms with E-state index in [-0.39, 0.29) is 45.3 Å². The van der Waals surface area contributed by atoms with E-state index in [1.807, 2.05) is 0 Å². The van der Waals surface area contributed by atoms with Crippen molar-refractivity contribution < 1.29 is 41.0 Å². The van der Waals surface area contributed by atoms with Gasteiger partial charge in [-0.05, 0) is 49.9 Å². The van der Waals surface area contributed by atoms with E-state index in [2.05, 4.69) is 4.98 Å². The summed E-state index contributed by atoms with van der Waals surface area (Å²) < 4.78 is 79.6. The Labute approximate surface area is 217 Å². The van der Waals surface area contributed by atoms with Crippen LogP contribution in [-0.2, 0) is 21.9 Å². The topological polar surface area (TPSA) is 73.7 Å². The molecule has 1 fully saturated rings. The number of benzene rings is 1. The molecule has 37 heavy (non-hydrogen) atoms. The van der Waals surface area contributed by atoms with Gasteiger partial charge in [0.1, 0.15) is 4.32 Å². The zero-order valence-corrected chi connectivity index (χ0v) is 20.7. The quantitative estimate of drug-likeness (QED) is 0.262. The van der Waals surface area contributed by atoms with Gasteiger partial charge in [0.15, 0.2) is 0 Å². The second-order valence-electron chi connectivity index (χ2n) is 8.06. The van der Waals surface area contributed by atoms with Crippen LogP contribution in [0.25, 0.3) is 17.3 Å². The first kappa shape index (κ1) is 28.6. The first-order valence-corrected chi connectivity index (χ1v) is 11.8. The van der Waals surface area contributed by atoms with E-state index < -0.39 is 35.4 Å². The van der Waals surface area contributed by atoms with Crippen LogP contribution >= 0.6 is 24.0 Å². The predicted octanol–water partition coefficient (Wildman–Crippen LogP) is 5.39. The van der Waals surface area contributed by atoms with Crippen LogP contribution in [0.2, 0.25) is 0 Å². The van der Waals surface area contributed by atoms with Gasteiger partial charge in [-0.25, -0.2) is 4.98 Å². The SMILES string of the molecule is CN(CCCN1C(=O)C(=Cc2cccc(-c3cc(C(F)(F)F)cc(C(F)(F)F)c3)n2)SC1=S)CC(=O)O. The molecule has 1 aromatic carbocycles. The van der Waals surface area contributed by atoms with E-state index in [1.165, 1.54) is 29.2 Å². The molecule has 3 rings (SSSR count). The first-order chi connectivity index (χ1) is 17.1. The van der Waals surface area contributed by atoms with Gasteiger partial charge < -0.3 is 5.11 Å². The standard InChI is InChI=1S/C23H19F6N3O3S2/c1-31(12-19(33)34)6-3-7-32-20(35)18(37-21(32)36)11-16-4-2-5-17(30-16)13-8-14(22(24,25)26)10-15(9-13)23(27,28)29/h2,4-5,8-11H,3,6-7,12H2,1H3,(H,33,34). The Morgan fingerprint density at radius 2 is 1.76 bits per heavy atom. The molecule has 2 aromatic rings. The minimum atomic E-state index is -5.00. The van der Waals surface area contributed by atoms with Gasteiger partial charge >= 0.3 is 18.3 Å². The molecule has 1 aliphatic rings. The number of amides is 1. The minimum absolute atomic E-state index is 0.0398. The fourth-order valence-corrected chi connectivity index (χ4v) is 4.72. The molecule has 0 aliphatic carbocycles. The number of carboxylic acids is 1. The summed E-state index contributed by atoms with van der Waals surface area (Å²) in [6, 6.07) is 5.34. The lowest BCUT2D eigenvalue weighted by atomic mass is 10.0. The smallest absolute Gasteiger partial charge is 0.416 e. The van der Waals surface area contributed by atoms with Crippen LogP contribution in [0.5, 0.6) is 0 Å². The van der Waals surface area contributed by atoms with Crippen molar-refractivity contribution in [3.63, 3.8) is 0 Å². The van der Waals surface area contributed by atoms with Gasteiger partial charge in [-0.2, -0.15) is 26.3 Å². The molecule has 1 saturated heterocycles. The highest BCUT2D eigenvalue weighted by Gasteiger charge is 2.37. The molecule has 6 nitrogen and oxygen atoms in total. The van der Waals surface area contributed by atoms with Crippen molar-refractivity contribution in [2.45, 2.75) is 18.8 Å². The molecule has 1 aromatic heterocycles. The number of aliphatic carboxylic acids is 1.